The lowest BCUT2D eigenvalue weighted by atomic mass is 10.2. The molecule has 0 aliphatic rings. The number of nitrogens with zero attached hydrogens (tertiary/aromatic N) is 5. The summed E-state index contributed by atoms with van der Waals surface area (Å²) in [6.45, 7) is 0. The number of hydrogen-bond acceptors (Lipinski definition) is 7. The van der Waals surface area contributed by atoms with E-state index in [4.69, 9.17) is 17.4 Å². The molecule has 0 fully saturated rings. The monoisotopic (exact) mass is 390 g/mol. The Kier molecular flexibility index (Phi) is 4.20. The van der Waals surface area contributed by atoms with Crippen molar-refractivity contribution in [3.8, 4) is 11.4 Å². The first-order valence-corrected chi connectivity index (χ1v) is 9.41. The van der Waals surface area contributed by atoms with E-state index >= 15 is 0 Å². The predicted octanol–water partition coefficient (Wildman–Crippen LogP) is 2.67. The standard InChI is InChI=1S/C15H11ClN6OS2/c16-10-3-1-2-9(6-10)13-19-20-15(22(13)17)25-8-11-7-12(23)21-4-5-24-14(21)18-11/h1-7H,8,17H2. The minimum atomic E-state index is -0.101. The van der Waals surface area contributed by atoms with Crippen molar-refractivity contribution in [2.45, 2.75) is 10.9 Å². The lowest BCUT2D eigenvalue weighted by molar-refractivity contribution is 0.849. The lowest BCUT2D eigenvalue weighted by Gasteiger charge is -2.04. The van der Waals surface area contributed by atoms with E-state index in [9.17, 15) is 4.79 Å². The number of nitrogen functional groups attached to an aromatic ring is 1. The molecule has 25 heavy (non-hydrogen) atoms. The van der Waals surface area contributed by atoms with E-state index in [0.29, 0.717) is 32.4 Å². The number of thiazole rings is 1. The van der Waals surface area contributed by atoms with Crippen LogP contribution in [0.1, 0.15) is 5.69 Å². The number of halogens is 1. The largest absolute Gasteiger partial charge is 0.335 e. The van der Waals surface area contributed by atoms with E-state index in [2.05, 4.69) is 15.2 Å². The normalized spacial score (nSPS) is 11.2. The zero-order valence-electron chi connectivity index (χ0n) is 12.7. The van der Waals surface area contributed by atoms with Gasteiger partial charge >= 0.3 is 0 Å². The second-order valence-electron chi connectivity index (χ2n) is 5.12. The molecule has 0 amide bonds. The van der Waals surface area contributed by atoms with Crippen molar-refractivity contribution < 1.29 is 0 Å². The van der Waals surface area contributed by atoms with E-state index in [0.717, 1.165) is 5.56 Å². The van der Waals surface area contributed by atoms with Crippen molar-refractivity contribution in [2.24, 2.45) is 0 Å². The molecule has 0 radical (unpaired) electrons. The minimum absolute atomic E-state index is 0.101. The summed E-state index contributed by atoms with van der Waals surface area (Å²) in [7, 11) is 0. The van der Waals surface area contributed by atoms with Crippen molar-refractivity contribution in [1.82, 2.24) is 24.3 Å². The highest BCUT2D eigenvalue weighted by molar-refractivity contribution is 7.98. The fourth-order valence-corrected chi connectivity index (χ4v) is 3.98. The van der Waals surface area contributed by atoms with E-state index in [1.807, 2.05) is 17.5 Å². The number of fused-ring (bicyclic) bond motifs is 1. The fourth-order valence-electron chi connectivity index (χ4n) is 2.30. The summed E-state index contributed by atoms with van der Waals surface area (Å²) in [4.78, 5) is 17.1. The van der Waals surface area contributed by atoms with Crippen LogP contribution in [0.15, 0.2) is 51.9 Å². The number of rotatable bonds is 4. The third-order valence-corrected chi connectivity index (χ3v) is 5.42. The molecule has 0 atom stereocenters. The van der Waals surface area contributed by atoms with Gasteiger partial charge in [0.05, 0.1) is 5.69 Å². The Morgan fingerprint density at radius 1 is 1.28 bits per heavy atom. The molecule has 2 N–H and O–H groups in total. The molecule has 0 bridgehead atoms. The van der Waals surface area contributed by atoms with Gasteiger partial charge in [-0.05, 0) is 12.1 Å². The number of benzene rings is 1. The zero-order chi connectivity index (χ0) is 17.4. The number of nitrogens with two attached hydrogens (primary N) is 1. The van der Waals surface area contributed by atoms with Crippen molar-refractivity contribution in [2.75, 3.05) is 5.84 Å². The predicted molar refractivity (Wildman–Crippen MR) is 99.5 cm³/mol. The van der Waals surface area contributed by atoms with Gasteiger partial charge in [-0.25, -0.2) is 9.66 Å². The maximum Gasteiger partial charge on any atom is 0.258 e. The van der Waals surface area contributed by atoms with Crippen LogP contribution in [0.25, 0.3) is 16.3 Å². The highest BCUT2D eigenvalue weighted by Crippen LogP contribution is 2.25. The molecule has 0 saturated carbocycles. The average molecular weight is 391 g/mol. The Labute approximate surface area is 155 Å². The quantitative estimate of drug-likeness (QED) is 0.425. The molecule has 0 aliphatic carbocycles. The van der Waals surface area contributed by atoms with Crippen LogP contribution in [0.3, 0.4) is 0 Å². The van der Waals surface area contributed by atoms with Gasteiger partial charge in [-0.1, -0.05) is 35.5 Å². The summed E-state index contributed by atoms with van der Waals surface area (Å²) < 4.78 is 2.92. The summed E-state index contributed by atoms with van der Waals surface area (Å²) in [5, 5.41) is 11.2. The summed E-state index contributed by atoms with van der Waals surface area (Å²) >= 11 is 8.79. The number of hydrogen-bond donors (Lipinski definition) is 1. The van der Waals surface area contributed by atoms with Gasteiger partial charge in [0.15, 0.2) is 10.8 Å². The summed E-state index contributed by atoms with van der Waals surface area (Å²) in [6.07, 6.45) is 1.71. The minimum Gasteiger partial charge on any atom is -0.335 e. The molecule has 3 aromatic heterocycles. The van der Waals surface area contributed by atoms with Gasteiger partial charge in [0.2, 0.25) is 5.16 Å². The molecule has 0 saturated heterocycles. The first kappa shape index (κ1) is 16.1. The second kappa shape index (κ2) is 6.51. The SMILES string of the molecule is Nn1c(SCc2cc(=O)n3ccsc3n2)nnc1-c1cccc(Cl)c1. The van der Waals surface area contributed by atoms with Gasteiger partial charge in [-0.2, -0.15) is 0 Å². The van der Waals surface area contributed by atoms with Crippen molar-refractivity contribution in [1.29, 1.82) is 0 Å². The number of thioether (sulfide) groups is 1. The van der Waals surface area contributed by atoms with E-state index in [1.165, 1.54) is 38.2 Å². The van der Waals surface area contributed by atoms with Gasteiger partial charge in [0, 0.05) is 34.0 Å². The number of aromatic nitrogens is 5. The molecule has 3 heterocycles. The Morgan fingerprint density at radius 2 is 2.16 bits per heavy atom. The van der Waals surface area contributed by atoms with E-state index < -0.39 is 0 Å². The molecule has 1 aromatic carbocycles. The molecule has 126 valence electrons. The van der Waals surface area contributed by atoms with Crippen LogP contribution in [-0.2, 0) is 5.75 Å². The molecular formula is C15H11ClN6OS2. The lowest BCUT2D eigenvalue weighted by Crippen LogP contribution is -2.13. The Hall–Kier alpha value is -2.36. The third kappa shape index (κ3) is 3.13. The molecule has 4 aromatic rings. The highest BCUT2D eigenvalue weighted by atomic mass is 35.5. The van der Waals surface area contributed by atoms with Gasteiger partial charge < -0.3 is 5.84 Å². The molecule has 0 spiro atoms. The summed E-state index contributed by atoms with van der Waals surface area (Å²) in [6, 6.07) is 8.76. The molecule has 4 rings (SSSR count). The summed E-state index contributed by atoms with van der Waals surface area (Å²) in [5.74, 6) is 7.08. The second-order valence-corrected chi connectivity index (χ2v) is 7.37. The molecular weight excluding hydrogens is 380 g/mol. The van der Waals surface area contributed by atoms with Crippen LogP contribution < -0.4 is 11.4 Å². The van der Waals surface area contributed by atoms with Crippen LogP contribution in [0.4, 0.5) is 0 Å². The Balaban J connectivity index is 1.58. The van der Waals surface area contributed by atoms with Crippen LogP contribution in [0.2, 0.25) is 5.02 Å². The van der Waals surface area contributed by atoms with Gasteiger partial charge in [0.25, 0.3) is 5.56 Å². The van der Waals surface area contributed by atoms with Crippen molar-refractivity contribution in [3.63, 3.8) is 0 Å². The van der Waals surface area contributed by atoms with Crippen molar-refractivity contribution in [3.05, 3.63) is 63.0 Å². The van der Waals surface area contributed by atoms with Crippen molar-refractivity contribution >= 4 is 39.7 Å². The van der Waals surface area contributed by atoms with E-state index in [1.54, 1.807) is 18.3 Å². The molecule has 0 aliphatic heterocycles. The maximum atomic E-state index is 12.0. The maximum absolute atomic E-state index is 12.0. The highest BCUT2D eigenvalue weighted by Gasteiger charge is 2.13. The van der Waals surface area contributed by atoms with E-state index in [-0.39, 0.29) is 5.56 Å². The van der Waals surface area contributed by atoms with Gasteiger partial charge in [0.1, 0.15) is 0 Å². The molecule has 0 unspecified atom stereocenters. The van der Waals surface area contributed by atoms with Crippen LogP contribution in [0.5, 0.6) is 0 Å². The zero-order valence-corrected chi connectivity index (χ0v) is 15.1. The smallest absolute Gasteiger partial charge is 0.258 e. The topological polar surface area (TPSA) is 91.1 Å². The fraction of sp³-hybridized carbons (Fsp3) is 0.0667. The molecule has 10 heteroatoms. The van der Waals surface area contributed by atoms with Crippen LogP contribution in [0, 0.1) is 0 Å². The first-order chi connectivity index (χ1) is 12.1. The van der Waals surface area contributed by atoms with Gasteiger partial charge in [-0.15, -0.1) is 21.5 Å². The van der Waals surface area contributed by atoms with Crippen LogP contribution >= 0.6 is 34.7 Å². The Morgan fingerprint density at radius 3 is 3.00 bits per heavy atom. The Bertz CT molecular complexity index is 1120. The third-order valence-electron chi connectivity index (χ3n) is 3.45. The van der Waals surface area contributed by atoms with Crippen LogP contribution in [-0.4, -0.2) is 24.3 Å². The van der Waals surface area contributed by atoms with Gasteiger partial charge in [-0.3, -0.25) is 9.20 Å². The summed E-state index contributed by atoms with van der Waals surface area (Å²) in [5.41, 5.74) is 1.35. The first-order valence-electron chi connectivity index (χ1n) is 7.17. The molecule has 7 nitrogen and oxygen atoms in total. The average Bonchev–Trinajstić information content (AvgIpc) is 3.20.